The number of nitrogens with zero attached hydrogens (tertiary/aromatic N) is 2. The lowest BCUT2D eigenvalue weighted by Gasteiger charge is -2.04. The summed E-state index contributed by atoms with van der Waals surface area (Å²) in [6.45, 7) is 0. The number of benzene rings is 2. The number of aromatic nitrogens is 2. The Morgan fingerprint density at radius 1 is 0.667 bits per heavy atom. The molecule has 0 fully saturated rings. The quantitative estimate of drug-likeness (QED) is 0.506. The predicted molar refractivity (Wildman–Crippen MR) is 92.9 cm³/mol. The first kappa shape index (κ1) is 17.8. The van der Waals surface area contributed by atoms with Crippen LogP contribution in [0.1, 0.15) is 0 Å². The van der Waals surface area contributed by atoms with Crippen molar-refractivity contribution in [1.29, 1.82) is 0 Å². The standard InChI is InChI=1S/C16H13BN2O2.BH2O2/c20-17(21)14-8-6-13(7-9-14)16-11-10-15(18-19-16)12-4-2-1-3-5-12;2-1-3/h1-11,20-21H;2-3H. The summed E-state index contributed by atoms with van der Waals surface area (Å²) in [5.41, 5.74) is 3.92. The number of hydrogen-bond donors (Lipinski definition) is 4. The van der Waals surface area contributed by atoms with Crippen molar-refractivity contribution in [3.63, 3.8) is 0 Å². The minimum absolute atomic E-state index is 0. The molecule has 24 heavy (non-hydrogen) atoms. The van der Waals surface area contributed by atoms with Crippen molar-refractivity contribution in [3.05, 3.63) is 66.7 Å². The fraction of sp³-hybridized carbons (Fsp3) is 0. The van der Waals surface area contributed by atoms with E-state index in [2.05, 4.69) is 10.2 Å². The molecule has 4 N–H and O–H groups in total. The first-order valence-electron chi connectivity index (χ1n) is 7.11. The van der Waals surface area contributed by atoms with Gasteiger partial charge in [0.15, 0.2) is 0 Å². The lowest BCUT2D eigenvalue weighted by atomic mass is 9.80. The van der Waals surface area contributed by atoms with Crippen LogP contribution >= 0.6 is 0 Å². The van der Waals surface area contributed by atoms with Crippen LogP contribution in [-0.4, -0.2) is 45.1 Å². The zero-order chi connectivity index (χ0) is 17.4. The summed E-state index contributed by atoms with van der Waals surface area (Å²) in [4.78, 5) is 0. The molecule has 0 aliphatic rings. The molecule has 119 valence electrons. The van der Waals surface area contributed by atoms with E-state index in [1.165, 1.54) is 0 Å². The van der Waals surface area contributed by atoms with Crippen LogP contribution in [-0.2, 0) is 0 Å². The Balaban J connectivity index is 0.000000647. The monoisotopic (exact) mass is 321 g/mol. The lowest BCUT2D eigenvalue weighted by molar-refractivity contribution is 0.425. The van der Waals surface area contributed by atoms with Crippen LogP contribution < -0.4 is 5.46 Å². The van der Waals surface area contributed by atoms with E-state index in [4.69, 9.17) is 20.1 Å². The second-order valence-electron chi connectivity index (χ2n) is 4.78. The van der Waals surface area contributed by atoms with E-state index in [0.717, 1.165) is 22.5 Å². The van der Waals surface area contributed by atoms with Crippen molar-refractivity contribution in [3.8, 4) is 22.5 Å². The summed E-state index contributed by atoms with van der Waals surface area (Å²) >= 11 is 0. The fourth-order valence-electron chi connectivity index (χ4n) is 2.08. The first-order valence-corrected chi connectivity index (χ1v) is 7.11. The summed E-state index contributed by atoms with van der Waals surface area (Å²) in [6, 6.07) is 20.6. The molecular formula is C16H15B2N2O4. The van der Waals surface area contributed by atoms with Crippen molar-refractivity contribution >= 4 is 20.3 Å². The molecule has 1 radical (unpaired) electrons. The molecule has 3 aromatic rings. The lowest BCUT2D eigenvalue weighted by Crippen LogP contribution is -2.29. The van der Waals surface area contributed by atoms with E-state index in [-0.39, 0.29) is 7.69 Å². The van der Waals surface area contributed by atoms with Gasteiger partial charge in [-0.2, -0.15) is 0 Å². The number of hydrogen-bond acceptors (Lipinski definition) is 6. The maximum Gasteiger partial charge on any atom is 0.488 e. The van der Waals surface area contributed by atoms with Gasteiger partial charge in [-0.25, -0.2) is 0 Å². The first-order chi connectivity index (χ1) is 11.7. The normalized spacial score (nSPS) is 9.67. The Kier molecular flexibility index (Phi) is 6.65. The van der Waals surface area contributed by atoms with Crippen LogP contribution in [0.15, 0.2) is 66.7 Å². The van der Waals surface area contributed by atoms with Gasteiger partial charge in [0.2, 0.25) is 0 Å². The van der Waals surface area contributed by atoms with Gasteiger partial charge < -0.3 is 20.1 Å². The van der Waals surface area contributed by atoms with Crippen LogP contribution in [0.2, 0.25) is 0 Å². The van der Waals surface area contributed by atoms with Gasteiger partial charge in [0.1, 0.15) is 0 Å². The molecular weight excluding hydrogens is 306 g/mol. The third-order valence-corrected chi connectivity index (χ3v) is 3.24. The Bertz CT molecular complexity index is 738. The van der Waals surface area contributed by atoms with Gasteiger partial charge in [-0.05, 0) is 17.6 Å². The smallest absolute Gasteiger partial charge is 0.429 e. The fourth-order valence-corrected chi connectivity index (χ4v) is 2.08. The van der Waals surface area contributed by atoms with Gasteiger partial charge in [0.25, 0.3) is 0 Å². The molecule has 0 saturated heterocycles. The third-order valence-electron chi connectivity index (χ3n) is 3.24. The molecule has 0 aliphatic heterocycles. The van der Waals surface area contributed by atoms with Gasteiger partial charge in [0, 0.05) is 11.1 Å². The summed E-state index contributed by atoms with van der Waals surface area (Å²) in [5.74, 6) is 0. The molecule has 3 rings (SSSR count). The van der Waals surface area contributed by atoms with E-state index in [1.807, 2.05) is 42.5 Å². The van der Waals surface area contributed by atoms with E-state index in [9.17, 15) is 0 Å². The molecule has 8 heteroatoms. The molecule has 0 atom stereocenters. The highest BCUT2D eigenvalue weighted by molar-refractivity contribution is 6.58. The molecule has 2 aromatic carbocycles. The van der Waals surface area contributed by atoms with Gasteiger partial charge in [-0.3, -0.25) is 0 Å². The number of rotatable bonds is 3. The Morgan fingerprint density at radius 2 is 1.12 bits per heavy atom. The van der Waals surface area contributed by atoms with E-state index in [0.29, 0.717) is 5.46 Å². The summed E-state index contributed by atoms with van der Waals surface area (Å²) in [5, 5.41) is 40.6. The van der Waals surface area contributed by atoms with Gasteiger partial charge in [-0.15, -0.1) is 10.2 Å². The molecule has 6 nitrogen and oxygen atoms in total. The van der Waals surface area contributed by atoms with E-state index < -0.39 is 7.12 Å². The topological polar surface area (TPSA) is 107 Å². The molecule has 0 spiro atoms. The van der Waals surface area contributed by atoms with Crippen LogP contribution in [0.4, 0.5) is 0 Å². The highest BCUT2D eigenvalue weighted by Gasteiger charge is 2.10. The average Bonchev–Trinajstić information content (AvgIpc) is 2.63. The maximum absolute atomic E-state index is 9.08. The average molecular weight is 321 g/mol. The largest absolute Gasteiger partial charge is 0.488 e. The summed E-state index contributed by atoms with van der Waals surface area (Å²) in [7, 11) is -1.45. The molecule has 1 aromatic heterocycles. The van der Waals surface area contributed by atoms with Crippen LogP contribution in [0.3, 0.4) is 0 Å². The van der Waals surface area contributed by atoms with Crippen LogP contribution in [0, 0.1) is 0 Å². The van der Waals surface area contributed by atoms with E-state index >= 15 is 0 Å². The van der Waals surface area contributed by atoms with Gasteiger partial charge in [0.05, 0.1) is 11.4 Å². The zero-order valence-corrected chi connectivity index (χ0v) is 12.7. The highest BCUT2D eigenvalue weighted by atomic mass is 16.4. The van der Waals surface area contributed by atoms with E-state index in [1.54, 1.807) is 24.3 Å². The Hall–Kier alpha value is -2.51. The molecule has 0 bridgehead atoms. The minimum atomic E-state index is -1.45. The minimum Gasteiger partial charge on any atom is -0.429 e. The second kappa shape index (κ2) is 8.95. The van der Waals surface area contributed by atoms with Crippen molar-refractivity contribution in [1.82, 2.24) is 10.2 Å². The SMILES string of the molecule is OB(O)c1ccc(-c2ccc(-c3ccccc3)nn2)cc1.O[B]O. The van der Waals surface area contributed by atoms with Crippen molar-refractivity contribution in [2.45, 2.75) is 0 Å². The molecule has 0 unspecified atom stereocenters. The maximum atomic E-state index is 9.08. The molecule has 0 aliphatic carbocycles. The van der Waals surface area contributed by atoms with Crippen LogP contribution in [0.25, 0.3) is 22.5 Å². The molecule has 0 amide bonds. The second-order valence-corrected chi connectivity index (χ2v) is 4.78. The summed E-state index contributed by atoms with van der Waals surface area (Å²) < 4.78 is 0. The molecule has 1 heterocycles. The zero-order valence-electron chi connectivity index (χ0n) is 12.7. The molecule has 0 saturated carbocycles. The predicted octanol–water partition coefficient (Wildman–Crippen LogP) is -0.00440. The van der Waals surface area contributed by atoms with Crippen molar-refractivity contribution in [2.75, 3.05) is 0 Å². The summed E-state index contributed by atoms with van der Waals surface area (Å²) in [6.07, 6.45) is 0. The van der Waals surface area contributed by atoms with Crippen molar-refractivity contribution < 1.29 is 20.1 Å². The third kappa shape index (κ3) is 4.74. The van der Waals surface area contributed by atoms with Gasteiger partial charge in [-0.1, -0.05) is 54.6 Å². The van der Waals surface area contributed by atoms with Crippen LogP contribution in [0.5, 0.6) is 0 Å². The Labute approximate surface area is 140 Å². The highest BCUT2D eigenvalue weighted by Crippen LogP contribution is 2.19. The van der Waals surface area contributed by atoms with Crippen molar-refractivity contribution in [2.24, 2.45) is 0 Å². The Morgan fingerprint density at radius 3 is 1.54 bits per heavy atom. The van der Waals surface area contributed by atoms with Gasteiger partial charge >= 0.3 is 14.8 Å².